The number of rotatable bonds is 8. The molecule has 0 spiro atoms. The first-order valence-corrected chi connectivity index (χ1v) is 8.98. The van der Waals surface area contributed by atoms with Crippen LogP contribution in [0.3, 0.4) is 0 Å². The molecule has 1 aromatic carbocycles. The first-order chi connectivity index (χ1) is 10.7. The highest BCUT2D eigenvalue weighted by atomic mass is 15.1. The molecule has 1 aromatic rings. The minimum atomic E-state index is 0.259. The van der Waals surface area contributed by atoms with E-state index in [-0.39, 0.29) is 6.04 Å². The van der Waals surface area contributed by atoms with E-state index in [2.05, 4.69) is 48.3 Å². The molecule has 1 aliphatic rings. The monoisotopic (exact) mass is 303 g/mol. The molecule has 1 fully saturated rings. The number of benzene rings is 1. The Morgan fingerprint density at radius 2 is 2.09 bits per heavy atom. The van der Waals surface area contributed by atoms with E-state index in [0.29, 0.717) is 0 Å². The number of nitrogens with zero attached hydrogens (tertiary/aromatic N) is 1. The summed E-state index contributed by atoms with van der Waals surface area (Å²) in [5.74, 6) is 0.847. The number of anilines is 1. The van der Waals surface area contributed by atoms with Crippen molar-refractivity contribution in [3.63, 3.8) is 0 Å². The van der Waals surface area contributed by atoms with Crippen LogP contribution < -0.4 is 11.1 Å². The van der Waals surface area contributed by atoms with Gasteiger partial charge < -0.3 is 11.1 Å². The predicted molar refractivity (Wildman–Crippen MR) is 96.1 cm³/mol. The number of hydrogen-bond donors (Lipinski definition) is 2. The van der Waals surface area contributed by atoms with Gasteiger partial charge in [-0.2, -0.15) is 0 Å². The molecule has 3 heteroatoms. The van der Waals surface area contributed by atoms with E-state index in [0.717, 1.165) is 25.4 Å². The Hall–Kier alpha value is -1.06. The normalized spacial score (nSPS) is 20.8. The van der Waals surface area contributed by atoms with Crippen LogP contribution in [0.1, 0.15) is 51.5 Å². The smallest absolute Gasteiger partial charge is 0.0340 e. The second-order valence-corrected chi connectivity index (χ2v) is 6.96. The predicted octanol–water partition coefficient (Wildman–Crippen LogP) is 3.85. The number of nitrogens with two attached hydrogens (primary N) is 1. The molecule has 1 saturated heterocycles. The largest absolute Gasteiger partial charge is 0.383 e. The van der Waals surface area contributed by atoms with Crippen molar-refractivity contribution in [2.45, 2.75) is 58.5 Å². The Labute approximate surface area is 136 Å². The summed E-state index contributed by atoms with van der Waals surface area (Å²) in [6.07, 6.45) is 6.27. The van der Waals surface area contributed by atoms with Crippen LogP contribution in [0.5, 0.6) is 0 Å². The fourth-order valence-corrected chi connectivity index (χ4v) is 3.23. The number of nitrogens with one attached hydrogen (secondary N) is 1. The summed E-state index contributed by atoms with van der Waals surface area (Å²) in [6, 6.07) is 9.14. The Morgan fingerprint density at radius 3 is 2.77 bits per heavy atom. The van der Waals surface area contributed by atoms with Gasteiger partial charge in [0.05, 0.1) is 0 Å². The first kappa shape index (κ1) is 17.3. The van der Waals surface area contributed by atoms with Gasteiger partial charge in [-0.3, -0.25) is 4.90 Å². The lowest BCUT2D eigenvalue weighted by molar-refractivity contribution is 0.176. The molecule has 1 aliphatic heterocycles. The second-order valence-electron chi connectivity index (χ2n) is 6.96. The van der Waals surface area contributed by atoms with E-state index in [1.54, 1.807) is 0 Å². The summed E-state index contributed by atoms with van der Waals surface area (Å²) in [7, 11) is 0. The Balaban J connectivity index is 1.75. The van der Waals surface area contributed by atoms with Gasteiger partial charge in [-0.25, -0.2) is 0 Å². The molecule has 1 heterocycles. The van der Waals surface area contributed by atoms with Gasteiger partial charge in [0.2, 0.25) is 0 Å². The topological polar surface area (TPSA) is 41.3 Å². The van der Waals surface area contributed by atoms with Crippen molar-refractivity contribution >= 4 is 5.69 Å². The standard InChI is InChI=1S/C19H33N3/c1-3-4-7-18(20)13-21-19-10-8-17(9-11-19)15-22-12-5-6-16(2)14-22/h8-11,16,18,21H,3-7,12-15,20H2,1-2H3. The molecule has 0 saturated carbocycles. The highest BCUT2D eigenvalue weighted by molar-refractivity contribution is 5.44. The molecule has 0 radical (unpaired) electrons. The van der Waals surface area contributed by atoms with Gasteiger partial charge in [-0.15, -0.1) is 0 Å². The molecule has 2 rings (SSSR count). The zero-order valence-corrected chi connectivity index (χ0v) is 14.4. The number of likely N-dealkylation sites (tertiary alicyclic amines) is 1. The van der Waals surface area contributed by atoms with Crippen molar-refractivity contribution in [3.05, 3.63) is 29.8 Å². The minimum absolute atomic E-state index is 0.259. The third-order valence-corrected chi connectivity index (χ3v) is 4.60. The Kier molecular flexibility index (Phi) is 7.20. The van der Waals surface area contributed by atoms with Crippen molar-refractivity contribution < 1.29 is 0 Å². The average molecular weight is 303 g/mol. The number of hydrogen-bond acceptors (Lipinski definition) is 3. The number of unbranched alkanes of at least 4 members (excludes halogenated alkanes) is 1. The molecule has 3 N–H and O–H groups in total. The number of piperidine rings is 1. The van der Waals surface area contributed by atoms with Crippen molar-refractivity contribution in [1.82, 2.24) is 4.90 Å². The zero-order valence-electron chi connectivity index (χ0n) is 14.4. The lowest BCUT2D eigenvalue weighted by Gasteiger charge is -2.30. The van der Waals surface area contributed by atoms with Crippen LogP contribution >= 0.6 is 0 Å². The molecule has 0 bridgehead atoms. The van der Waals surface area contributed by atoms with Crippen LogP contribution in [0, 0.1) is 5.92 Å². The van der Waals surface area contributed by atoms with E-state index < -0.39 is 0 Å². The lowest BCUT2D eigenvalue weighted by atomic mass is 10.00. The Bertz CT molecular complexity index is 415. The molecule has 22 heavy (non-hydrogen) atoms. The molecule has 124 valence electrons. The lowest BCUT2D eigenvalue weighted by Crippen LogP contribution is -2.33. The summed E-state index contributed by atoms with van der Waals surface area (Å²) < 4.78 is 0. The van der Waals surface area contributed by atoms with Crippen molar-refractivity contribution in [1.29, 1.82) is 0 Å². The van der Waals surface area contributed by atoms with Crippen molar-refractivity contribution in [3.8, 4) is 0 Å². The minimum Gasteiger partial charge on any atom is -0.383 e. The Morgan fingerprint density at radius 1 is 1.32 bits per heavy atom. The molecular weight excluding hydrogens is 270 g/mol. The van der Waals surface area contributed by atoms with Gasteiger partial charge in [0.25, 0.3) is 0 Å². The van der Waals surface area contributed by atoms with Crippen LogP contribution in [0.25, 0.3) is 0 Å². The molecule has 0 aliphatic carbocycles. The first-order valence-electron chi connectivity index (χ1n) is 8.98. The van der Waals surface area contributed by atoms with Crippen LogP contribution in [0.15, 0.2) is 24.3 Å². The maximum absolute atomic E-state index is 6.11. The van der Waals surface area contributed by atoms with Crippen LogP contribution in [-0.2, 0) is 6.54 Å². The fraction of sp³-hybridized carbons (Fsp3) is 0.684. The van der Waals surface area contributed by atoms with Crippen molar-refractivity contribution in [2.24, 2.45) is 11.7 Å². The van der Waals surface area contributed by atoms with Gasteiger partial charge in [-0.1, -0.05) is 38.8 Å². The van der Waals surface area contributed by atoms with Gasteiger partial charge in [-0.05, 0) is 49.4 Å². The molecule has 0 aromatic heterocycles. The maximum atomic E-state index is 6.11. The van der Waals surface area contributed by atoms with Gasteiger partial charge in [0.1, 0.15) is 0 Å². The van der Waals surface area contributed by atoms with E-state index in [9.17, 15) is 0 Å². The summed E-state index contributed by atoms with van der Waals surface area (Å²) in [5, 5.41) is 3.45. The van der Waals surface area contributed by atoms with Gasteiger partial charge in [0, 0.05) is 31.4 Å². The van der Waals surface area contributed by atoms with E-state index in [1.165, 1.54) is 50.0 Å². The summed E-state index contributed by atoms with van der Waals surface area (Å²) in [5.41, 5.74) is 8.70. The SMILES string of the molecule is CCCCC(N)CNc1ccc(CN2CCCC(C)C2)cc1. The van der Waals surface area contributed by atoms with Crippen molar-refractivity contribution in [2.75, 3.05) is 25.0 Å². The fourth-order valence-electron chi connectivity index (χ4n) is 3.23. The summed E-state index contributed by atoms with van der Waals surface area (Å²) in [4.78, 5) is 2.58. The van der Waals surface area contributed by atoms with Crippen LogP contribution in [-0.4, -0.2) is 30.6 Å². The van der Waals surface area contributed by atoms with E-state index in [4.69, 9.17) is 5.73 Å². The third-order valence-electron chi connectivity index (χ3n) is 4.60. The highest BCUT2D eigenvalue weighted by Crippen LogP contribution is 2.18. The summed E-state index contributed by atoms with van der Waals surface area (Å²) >= 11 is 0. The second kappa shape index (κ2) is 9.16. The molecule has 3 nitrogen and oxygen atoms in total. The quantitative estimate of drug-likeness (QED) is 0.766. The van der Waals surface area contributed by atoms with Crippen LogP contribution in [0.2, 0.25) is 0 Å². The molecule has 0 amide bonds. The molecule has 2 unspecified atom stereocenters. The average Bonchev–Trinajstić information content (AvgIpc) is 2.52. The van der Waals surface area contributed by atoms with E-state index >= 15 is 0 Å². The molecular formula is C19H33N3. The van der Waals surface area contributed by atoms with Crippen LogP contribution in [0.4, 0.5) is 5.69 Å². The molecule has 2 atom stereocenters. The summed E-state index contributed by atoms with van der Waals surface area (Å²) in [6.45, 7) is 9.01. The van der Waals surface area contributed by atoms with Gasteiger partial charge >= 0.3 is 0 Å². The highest BCUT2D eigenvalue weighted by Gasteiger charge is 2.16. The maximum Gasteiger partial charge on any atom is 0.0340 e. The van der Waals surface area contributed by atoms with Gasteiger partial charge in [0.15, 0.2) is 0 Å². The third kappa shape index (κ3) is 5.98. The zero-order chi connectivity index (χ0) is 15.8. The van der Waals surface area contributed by atoms with E-state index in [1.807, 2.05) is 0 Å².